The highest BCUT2D eigenvalue weighted by molar-refractivity contribution is 7.17. The van der Waals surface area contributed by atoms with E-state index in [1.54, 1.807) is 13.8 Å². The van der Waals surface area contributed by atoms with Crippen molar-refractivity contribution in [2.45, 2.75) is 13.8 Å². The van der Waals surface area contributed by atoms with Crippen molar-refractivity contribution in [2.75, 3.05) is 18.5 Å². The number of nitrogens with zero attached hydrogens (tertiary/aromatic N) is 1. The lowest BCUT2D eigenvalue weighted by Gasteiger charge is -2.08. The minimum atomic E-state index is -0.435. The molecule has 6 nitrogen and oxygen atoms in total. The molecule has 3 rings (SSSR count). The van der Waals surface area contributed by atoms with E-state index in [0.717, 1.165) is 22.1 Å². The second kappa shape index (κ2) is 7.97. The number of thiazole rings is 1. The molecular formula is C19H18N2O4S. The zero-order chi connectivity index (χ0) is 18.5. The molecule has 0 radical (unpaired) electrons. The Labute approximate surface area is 154 Å². The topological polar surface area (TPSA) is 77.5 Å². The zero-order valence-corrected chi connectivity index (χ0v) is 15.3. The molecular weight excluding hydrogens is 352 g/mol. The van der Waals surface area contributed by atoms with E-state index >= 15 is 0 Å². The van der Waals surface area contributed by atoms with Gasteiger partial charge in [0.25, 0.3) is 5.91 Å². The minimum Gasteiger partial charge on any atom is -0.483 e. The molecule has 0 bridgehead atoms. The third-order valence-electron chi connectivity index (χ3n) is 3.61. The van der Waals surface area contributed by atoms with Gasteiger partial charge < -0.3 is 9.47 Å². The van der Waals surface area contributed by atoms with Gasteiger partial charge in [-0.2, -0.15) is 0 Å². The van der Waals surface area contributed by atoms with Gasteiger partial charge >= 0.3 is 5.97 Å². The monoisotopic (exact) mass is 370 g/mol. The molecule has 0 aliphatic rings. The maximum Gasteiger partial charge on any atom is 0.350 e. The van der Waals surface area contributed by atoms with E-state index in [1.165, 1.54) is 0 Å². The average Bonchev–Trinajstić information content (AvgIpc) is 3.00. The minimum absolute atomic E-state index is 0.151. The SMILES string of the molecule is CCOC(=O)c1sc(NC(=O)COc2cccc3ccccc23)nc1C. The van der Waals surface area contributed by atoms with Gasteiger partial charge in [0.05, 0.1) is 12.3 Å². The Morgan fingerprint density at radius 2 is 1.92 bits per heavy atom. The highest BCUT2D eigenvalue weighted by Crippen LogP contribution is 2.26. The summed E-state index contributed by atoms with van der Waals surface area (Å²) in [6.07, 6.45) is 0. The second-order valence-electron chi connectivity index (χ2n) is 5.47. The number of esters is 1. The van der Waals surface area contributed by atoms with Crippen molar-refractivity contribution in [1.29, 1.82) is 0 Å². The van der Waals surface area contributed by atoms with Gasteiger partial charge in [-0.3, -0.25) is 10.1 Å². The lowest BCUT2D eigenvalue weighted by atomic mass is 10.1. The summed E-state index contributed by atoms with van der Waals surface area (Å²) in [6, 6.07) is 13.5. The maximum atomic E-state index is 12.2. The number of carbonyl (C=O) groups excluding carboxylic acids is 2. The molecule has 3 aromatic rings. The van der Waals surface area contributed by atoms with Crippen molar-refractivity contribution in [3.63, 3.8) is 0 Å². The summed E-state index contributed by atoms with van der Waals surface area (Å²) in [5, 5.41) is 4.98. The van der Waals surface area contributed by atoms with Gasteiger partial charge in [-0.25, -0.2) is 9.78 Å². The first-order chi connectivity index (χ1) is 12.6. The van der Waals surface area contributed by atoms with Gasteiger partial charge in [0, 0.05) is 5.39 Å². The van der Waals surface area contributed by atoms with Crippen LogP contribution in [0.15, 0.2) is 42.5 Å². The molecule has 1 amide bonds. The van der Waals surface area contributed by atoms with Crippen molar-refractivity contribution >= 4 is 39.1 Å². The van der Waals surface area contributed by atoms with Crippen molar-refractivity contribution in [3.05, 3.63) is 53.0 Å². The normalized spacial score (nSPS) is 10.5. The molecule has 1 aromatic heterocycles. The molecule has 1 N–H and O–H groups in total. The smallest absolute Gasteiger partial charge is 0.350 e. The summed E-state index contributed by atoms with van der Waals surface area (Å²) in [4.78, 5) is 28.5. The summed E-state index contributed by atoms with van der Waals surface area (Å²) in [5.41, 5.74) is 0.527. The van der Waals surface area contributed by atoms with E-state index < -0.39 is 5.97 Å². The predicted molar refractivity (Wildman–Crippen MR) is 101 cm³/mol. The largest absolute Gasteiger partial charge is 0.483 e. The lowest BCUT2D eigenvalue weighted by Crippen LogP contribution is -2.20. The Morgan fingerprint density at radius 1 is 1.15 bits per heavy atom. The molecule has 134 valence electrons. The second-order valence-corrected chi connectivity index (χ2v) is 6.47. The molecule has 0 saturated heterocycles. The van der Waals surface area contributed by atoms with Crippen LogP contribution < -0.4 is 10.1 Å². The number of aryl methyl sites for hydroxylation is 1. The Kier molecular flexibility index (Phi) is 5.48. The number of anilines is 1. The number of amides is 1. The van der Waals surface area contributed by atoms with Crippen LogP contribution >= 0.6 is 11.3 Å². The zero-order valence-electron chi connectivity index (χ0n) is 14.4. The molecule has 7 heteroatoms. The van der Waals surface area contributed by atoms with Crippen molar-refractivity contribution in [1.82, 2.24) is 4.98 Å². The Hall–Kier alpha value is -2.93. The van der Waals surface area contributed by atoms with Crippen LogP contribution in [-0.4, -0.2) is 30.1 Å². The Balaban J connectivity index is 1.64. The average molecular weight is 370 g/mol. The lowest BCUT2D eigenvalue weighted by molar-refractivity contribution is -0.118. The first-order valence-electron chi connectivity index (χ1n) is 8.13. The van der Waals surface area contributed by atoms with E-state index in [2.05, 4.69) is 10.3 Å². The number of benzene rings is 2. The molecule has 0 atom stereocenters. The van der Waals surface area contributed by atoms with Crippen molar-refractivity contribution in [3.8, 4) is 5.75 Å². The fraction of sp³-hybridized carbons (Fsp3) is 0.211. The first kappa shape index (κ1) is 17.9. The molecule has 0 unspecified atom stereocenters. The number of carbonyl (C=O) groups is 2. The fourth-order valence-corrected chi connectivity index (χ4v) is 3.33. The summed E-state index contributed by atoms with van der Waals surface area (Å²) in [6.45, 7) is 3.57. The fourth-order valence-electron chi connectivity index (χ4n) is 2.46. The molecule has 26 heavy (non-hydrogen) atoms. The van der Waals surface area contributed by atoms with Crippen LogP contribution in [0.4, 0.5) is 5.13 Å². The van der Waals surface area contributed by atoms with Gasteiger partial charge in [-0.1, -0.05) is 47.7 Å². The molecule has 2 aromatic carbocycles. The van der Waals surface area contributed by atoms with Gasteiger partial charge in [0.1, 0.15) is 10.6 Å². The molecule has 0 aliphatic heterocycles. The van der Waals surface area contributed by atoms with Crippen LogP contribution in [0.25, 0.3) is 10.8 Å². The van der Waals surface area contributed by atoms with Crippen LogP contribution in [0.2, 0.25) is 0 Å². The van der Waals surface area contributed by atoms with Gasteiger partial charge in [0.2, 0.25) is 0 Å². The number of nitrogens with one attached hydrogen (secondary N) is 1. The van der Waals surface area contributed by atoms with E-state index in [4.69, 9.17) is 9.47 Å². The van der Waals surface area contributed by atoms with Crippen molar-refractivity contribution < 1.29 is 19.1 Å². The number of rotatable bonds is 6. The van der Waals surface area contributed by atoms with Crippen LogP contribution in [0.5, 0.6) is 5.75 Å². The summed E-state index contributed by atoms with van der Waals surface area (Å²) in [5.74, 6) is -0.141. The van der Waals surface area contributed by atoms with Crippen LogP contribution in [-0.2, 0) is 9.53 Å². The quantitative estimate of drug-likeness (QED) is 0.668. The van der Waals surface area contributed by atoms with Gasteiger partial charge in [0.15, 0.2) is 11.7 Å². The standard InChI is InChI=1S/C19H18N2O4S/c1-3-24-18(23)17-12(2)20-19(26-17)21-16(22)11-25-15-10-6-8-13-7-4-5-9-14(13)15/h4-10H,3,11H2,1-2H3,(H,20,21,22). The van der Waals surface area contributed by atoms with Gasteiger partial charge in [-0.15, -0.1) is 0 Å². The third kappa shape index (κ3) is 4.00. The van der Waals surface area contributed by atoms with Gasteiger partial charge in [-0.05, 0) is 25.3 Å². The van der Waals surface area contributed by atoms with Crippen molar-refractivity contribution in [2.24, 2.45) is 0 Å². The maximum absolute atomic E-state index is 12.2. The predicted octanol–water partition coefficient (Wildman–Crippen LogP) is 3.80. The number of hydrogen-bond acceptors (Lipinski definition) is 6. The number of hydrogen-bond donors (Lipinski definition) is 1. The summed E-state index contributed by atoms with van der Waals surface area (Å²) in [7, 11) is 0. The molecule has 0 saturated carbocycles. The molecule has 0 fully saturated rings. The number of fused-ring (bicyclic) bond motifs is 1. The highest BCUT2D eigenvalue weighted by Gasteiger charge is 2.17. The van der Waals surface area contributed by atoms with Crippen LogP contribution in [0.1, 0.15) is 22.3 Å². The highest BCUT2D eigenvalue weighted by atomic mass is 32.1. The number of aromatic nitrogens is 1. The molecule has 0 spiro atoms. The van der Waals surface area contributed by atoms with E-state index in [9.17, 15) is 9.59 Å². The van der Waals surface area contributed by atoms with Crippen LogP contribution in [0, 0.1) is 6.92 Å². The third-order valence-corrected chi connectivity index (χ3v) is 4.67. The van der Waals surface area contributed by atoms with Crippen LogP contribution in [0.3, 0.4) is 0 Å². The Bertz CT molecular complexity index is 946. The van der Waals surface area contributed by atoms with E-state index in [0.29, 0.717) is 21.5 Å². The number of ether oxygens (including phenoxy) is 2. The van der Waals surface area contributed by atoms with E-state index in [-0.39, 0.29) is 19.1 Å². The van der Waals surface area contributed by atoms with E-state index in [1.807, 2.05) is 42.5 Å². The molecule has 0 aliphatic carbocycles. The Morgan fingerprint density at radius 3 is 2.73 bits per heavy atom. The molecule has 1 heterocycles. The summed E-state index contributed by atoms with van der Waals surface area (Å²) >= 11 is 1.09. The first-order valence-corrected chi connectivity index (χ1v) is 8.95. The summed E-state index contributed by atoms with van der Waals surface area (Å²) < 4.78 is 10.6.